The molecule has 2 fully saturated rings. The Morgan fingerprint density at radius 2 is 2.06 bits per heavy atom. The van der Waals surface area contributed by atoms with Gasteiger partial charge in [-0.3, -0.25) is 4.79 Å². The number of methoxy groups -OCH3 is 1. The molecule has 0 spiro atoms. The zero-order chi connectivity index (χ0) is 12.8. The van der Waals surface area contributed by atoms with E-state index in [0.29, 0.717) is 19.2 Å². The molecule has 1 saturated heterocycles. The van der Waals surface area contributed by atoms with Crippen molar-refractivity contribution in [3.05, 3.63) is 0 Å². The van der Waals surface area contributed by atoms with Crippen LogP contribution in [-0.2, 0) is 9.53 Å². The Morgan fingerprint density at radius 1 is 1.28 bits per heavy atom. The molecule has 0 bridgehead atoms. The predicted molar refractivity (Wildman–Crippen MR) is 71.4 cm³/mol. The van der Waals surface area contributed by atoms with E-state index in [1.807, 2.05) is 0 Å². The minimum absolute atomic E-state index is 0.280. The molecule has 1 amide bonds. The van der Waals surface area contributed by atoms with Gasteiger partial charge in [-0.2, -0.15) is 0 Å². The van der Waals surface area contributed by atoms with E-state index < -0.39 is 0 Å². The highest BCUT2D eigenvalue weighted by atomic mass is 16.5. The maximum absolute atomic E-state index is 12.2. The Hall–Kier alpha value is -0.610. The van der Waals surface area contributed by atoms with Crippen molar-refractivity contribution in [2.24, 2.45) is 5.92 Å². The number of hydrogen-bond donors (Lipinski definition) is 1. The minimum atomic E-state index is 0.280. The molecule has 0 aromatic rings. The first-order valence-corrected chi connectivity index (χ1v) is 7.32. The standard InChI is InChI=1S/C14H26N2O2/c1-18-10-8-15-11-14(17)16-9-4-6-12-5-2-3-7-13(12)16/h12-13,15H,2-11H2,1H3/t12-,13-/m1/s1. The van der Waals surface area contributed by atoms with Crippen molar-refractivity contribution < 1.29 is 9.53 Å². The molecule has 18 heavy (non-hydrogen) atoms. The van der Waals surface area contributed by atoms with Crippen molar-refractivity contribution in [1.29, 1.82) is 0 Å². The second kappa shape index (κ2) is 7.10. The molecule has 2 atom stereocenters. The molecule has 0 aromatic heterocycles. The number of carbonyl (C=O) groups is 1. The largest absolute Gasteiger partial charge is 0.383 e. The summed E-state index contributed by atoms with van der Waals surface area (Å²) in [5, 5.41) is 3.16. The zero-order valence-corrected chi connectivity index (χ0v) is 11.5. The first kappa shape index (κ1) is 13.8. The Bertz CT molecular complexity index is 269. The van der Waals surface area contributed by atoms with E-state index >= 15 is 0 Å². The van der Waals surface area contributed by atoms with Crippen LogP contribution in [0.1, 0.15) is 38.5 Å². The average molecular weight is 254 g/mol. The lowest BCUT2D eigenvalue weighted by atomic mass is 9.78. The second-order valence-corrected chi connectivity index (χ2v) is 5.51. The van der Waals surface area contributed by atoms with Crippen LogP contribution in [0.3, 0.4) is 0 Å². The van der Waals surface area contributed by atoms with Crippen LogP contribution in [0.2, 0.25) is 0 Å². The number of likely N-dealkylation sites (tertiary alicyclic amines) is 1. The maximum atomic E-state index is 12.2. The van der Waals surface area contributed by atoms with Gasteiger partial charge in [-0.05, 0) is 31.6 Å². The van der Waals surface area contributed by atoms with Crippen molar-refractivity contribution in [1.82, 2.24) is 10.2 Å². The van der Waals surface area contributed by atoms with Crippen LogP contribution in [0.5, 0.6) is 0 Å². The summed E-state index contributed by atoms with van der Waals surface area (Å²) in [4.78, 5) is 14.4. The normalized spacial score (nSPS) is 27.9. The SMILES string of the molecule is COCCNCC(=O)N1CCC[C@H]2CCCC[C@H]21. The fourth-order valence-electron chi connectivity index (χ4n) is 3.41. The van der Waals surface area contributed by atoms with Crippen molar-refractivity contribution in [3.8, 4) is 0 Å². The number of nitrogens with zero attached hydrogens (tertiary/aromatic N) is 1. The molecular formula is C14H26N2O2. The Kier molecular flexibility index (Phi) is 5.45. The summed E-state index contributed by atoms with van der Waals surface area (Å²) in [7, 11) is 1.68. The fraction of sp³-hybridized carbons (Fsp3) is 0.929. The van der Waals surface area contributed by atoms with Crippen LogP contribution in [0.15, 0.2) is 0 Å². The van der Waals surface area contributed by atoms with Gasteiger partial charge in [-0.1, -0.05) is 12.8 Å². The summed E-state index contributed by atoms with van der Waals surface area (Å²) in [6, 6.07) is 0.532. The lowest BCUT2D eigenvalue weighted by Crippen LogP contribution is -2.52. The molecule has 1 N–H and O–H groups in total. The second-order valence-electron chi connectivity index (χ2n) is 5.51. The third-order valence-electron chi connectivity index (χ3n) is 4.32. The van der Waals surface area contributed by atoms with Gasteiger partial charge >= 0.3 is 0 Å². The van der Waals surface area contributed by atoms with Gasteiger partial charge in [-0.15, -0.1) is 0 Å². The van der Waals surface area contributed by atoms with Crippen LogP contribution < -0.4 is 5.32 Å². The Labute approximate surface area is 110 Å². The highest BCUT2D eigenvalue weighted by Gasteiger charge is 2.35. The summed E-state index contributed by atoms with van der Waals surface area (Å²) in [5.41, 5.74) is 0. The lowest BCUT2D eigenvalue weighted by Gasteiger charge is -2.44. The molecule has 1 heterocycles. The van der Waals surface area contributed by atoms with Gasteiger partial charge in [-0.25, -0.2) is 0 Å². The smallest absolute Gasteiger partial charge is 0.236 e. The van der Waals surface area contributed by atoms with Gasteiger partial charge in [0.2, 0.25) is 5.91 Å². The van der Waals surface area contributed by atoms with Gasteiger partial charge in [0.25, 0.3) is 0 Å². The van der Waals surface area contributed by atoms with Crippen molar-refractivity contribution in [2.75, 3.05) is 33.4 Å². The van der Waals surface area contributed by atoms with E-state index in [0.717, 1.165) is 19.0 Å². The first-order chi connectivity index (χ1) is 8.83. The number of hydrogen-bond acceptors (Lipinski definition) is 3. The molecule has 2 rings (SSSR count). The first-order valence-electron chi connectivity index (χ1n) is 7.32. The maximum Gasteiger partial charge on any atom is 0.236 e. The van der Waals surface area contributed by atoms with Crippen molar-refractivity contribution in [3.63, 3.8) is 0 Å². The highest BCUT2D eigenvalue weighted by Crippen LogP contribution is 2.35. The van der Waals surface area contributed by atoms with E-state index in [-0.39, 0.29) is 5.91 Å². The number of amides is 1. The van der Waals surface area contributed by atoms with Crippen LogP contribution >= 0.6 is 0 Å². The Balaban J connectivity index is 1.80. The quantitative estimate of drug-likeness (QED) is 0.754. The molecule has 1 aliphatic carbocycles. The molecule has 4 heteroatoms. The third-order valence-corrected chi connectivity index (χ3v) is 4.32. The molecule has 0 unspecified atom stereocenters. The number of carbonyl (C=O) groups excluding carboxylic acids is 1. The Morgan fingerprint density at radius 3 is 2.89 bits per heavy atom. The van der Waals surface area contributed by atoms with Crippen molar-refractivity contribution in [2.45, 2.75) is 44.6 Å². The zero-order valence-electron chi connectivity index (χ0n) is 11.5. The van der Waals surface area contributed by atoms with E-state index in [1.54, 1.807) is 7.11 Å². The molecule has 104 valence electrons. The van der Waals surface area contributed by atoms with Crippen LogP contribution in [0.25, 0.3) is 0 Å². The number of nitrogens with one attached hydrogen (secondary N) is 1. The van der Waals surface area contributed by atoms with Crippen LogP contribution in [-0.4, -0.2) is 50.2 Å². The summed E-state index contributed by atoms with van der Waals surface area (Å²) in [6.07, 6.45) is 7.70. The lowest BCUT2D eigenvalue weighted by molar-refractivity contribution is -0.136. The molecule has 1 saturated carbocycles. The molecule has 0 aromatic carbocycles. The molecule has 4 nitrogen and oxygen atoms in total. The molecular weight excluding hydrogens is 228 g/mol. The van der Waals surface area contributed by atoms with Gasteiger partial charge in [0, 0.05) is 26.2 Å². The van der Waals surface area contributed by atoms with E-state index in [1.165, 1.54) is 38.5 Å². The number of fused-ring (bicyclic) bond motifs is 1. The summed E-state index contributed by atoms with van der Waals surface area (Å²) < 4.78 is 4.97. The topological polar surface area (TPSA) is 41.6 Å². The fourth-order valence-corrected chi connectivity index (χ4v) is 3.41. The van der Waals surface area contributed by atoms with Crippen LogP contribution in [0, 0.1) is 5.92 Å². The predicted octanol–water partition coefficient (Wildman–Crippen LogP) is 1.40. The summed E-state index contributed by atoms with van der Waals surface area (Å²) in [5.74, 6) is 1.05. The molecule has 1 aliphatic heterocycles. The van der Waals surface area contributed by atoms with E-state index in [2.05, 4.69) is 10.2 Å². The van der Waals surface area contributed by atoms with Gasteiger partial charge in [0.15, 0.2) is 0 Å². The average Bonchev–Trinajstić information content (AvgIpc) is 2.43. The van der Waals surface area contributed by atoms with E-state index in [9.17, 15) is 4.79 Å². The summed E-state index contributed by atoms with van der Waals surface area (Å²) in [6.45, 7) is 2.85. The van der Waals surface area contributed by atoms with Crippen LogP contribution in [0.4, 0.5) is 0 Å². The number of piperidine rings is 1. The number of ether oxygens (including phenoxy) is 1. The molecule has 0 radical (unpaired) electrons. The summed E-state index contributed by atoms with van der Waals surface area (Å²) >= 11 is 0. The number of rotatable bonds is 5. The van der Waals surface area contributed by atoms with Gasteiger partial charge in [0.1, 0.15) is 0 Å². The van der Waals surface area contributed by atoms with E-state index in [4.69, 9.17) is 4.74 Å². The van der Waals surface area contributed by atoms with Gasteiger partial charge in [0.05, 0.1) is 13.2 Å². The highest BCUT2D eigenvalue weighted by molar-refractivity contribution is 5.78. The van der Waals surface area contributed by atoms with Gasteiger partial charge < -0.3 is 15.0 Å². The monoisotopic (exact) mass is 254 g/mol. The third kappa shape index (κ3) is 3.45. The van der Waals surface area contributed by atoms with Crippen molar-refractivity contribution >= 4 is 5.91 Å². The minimum Gasteiger partial charge on any atom is -0.383 e. The molecule has 2 aliphatic rings.